The van der Waals surface area contributed by atoms with E-state index >= 15 is 0 Å². The number of nitrogens with zero attached hydrogens (tertiary/aromatic N) is 5. The summed E-state index contributed by atoms with van der Waals surface area (Å²) in [6.45, 7) is 5.56. The van der Waals surface area contributed by atoms with Crippen LogP contribution >= 0.6 is 19.4 Å². The third-order valence-electron chi connectivity index (χ3n) is 7.23. The molecule has 2 aliphatic heterocycles. The molecule has 14 heteroatoms. The summed E-state index contributed by atoms with van der Waals surface area (Å²) in [5, 5.41) is 4.40. The number of phosphoric ester groups is 1. The van der Waals surface area contributed by atoms with Gasteiger partial charge in [-0.1, -0.05) is 35.9 Å². The van der Waals surface area contributed by atoms with E-state index in [2.05, 4.69) is 16.1 Å². The molecule has 3 amide bonds. The first-order valence-corrected chi connectivity index (χ1v) is 15.0. The zero-order chi connectivity index (χ0) is 30.2. The van der Waals surface area contributed by atoms with E-state index < -0.39 is 20.0 Å². The van der Waals surface area contributed by atoms with Crippen LogP contribution in [0.15, 0.2) is 67.4 Å². The van der Waals surface area contributed by atoms with Crippen LogP contribution in [0, 0.1) is 0 Å². The van der Waals surface area contributed by atoms with E-state index in [1.165, 1.54) is 29.0 Å². The van der Waals surface area contributed by atoms with E-state index in [1.807, 2.05) is 12.1 Å². The zero-order valence-corrected chi connectivity index (χ0v) is 24.3. The molecule has 3 heterocycles. The maximum atomic E-state index is 14.1. The van der Waals surface area contributed by atoms with Crippen LogP contribution in [-0.2, 0) is 31.9 Å². The fraction of sp³-hybridized carbons (Fsp3) is 0.286. The van der Waals surface area contributed by atoms with Gasteiger partial charge in [-0.2, -0.15) is 0 Å². The van der Waals surface area contributed by atoms with Gasteiger partial charge in [0.15, 0.2) is 0 Å². The van der Waals surface area contributed by atoms with Gasteiger partial charge in [-0.05, 0) is 41.5 Å². The number of phosphoric acid groups is 1. The average molecular weight is 614 g/mol. The summed E-state index contributed by atoms with van der Waals surface area (Å²) < 4.78 is 15.8. The third kappa shape index (κ3) is 6.04. The molecule has 0 unspecified atom stereocenters. The van der Waals surface area contributed by atoms with Crippen LogP contribution in [0.1, 0.15) is 18.1 Å². The summed E-state index contributed by atoms with van der Waals surface area (Å²) in [7, 11) is -4.74. The van der Waals surface area contributed by atoms with Crippen LogP contribution in [0.2, 0.25) is 5.02 Å². The Labute approximate surface area is 246 Å². The van der Waals surface area contributed by atoms with Gasteiger partial charge in [0.1, 0.15) is 18.0 Å². The molecule has 0 radical (unpaired) electrons. The van der Waals surface area contributed by atoms with Crippen molar-refractivity contribution in [1.29, 1.82) is 0 Å². The number of hydrogen-bond donors (Lipinski definition) is 2. The fourth-order valence-corrected chi connectivity index (χ4v) is 6.18. The Morgan fingerprint density at radius 3 is 2.60 bits per heavy atom. The molecule has 0 spiro atoms. The number of carbonyl (C=O) groups is 3. The monoisotopic (exact) mass is 613 g/mol. The molecule has 3 aromatic rings. The average Bonchev–Trinajstić information content (AvgIpc) is 2.92. The number of hydrazine groups is 1. The van der Waals surface area contributed by atoms with Crippen molar-refractivity contribution in [3.8, 4) is 5.75 Å². The highest BCUT2D eigenvalue weighted by Gasteiger charge is 2.50. The van der Waals surface area contributed by atoms with E-state index in [4.69, 9.17) is 21.4 Å². The first-order valence-electron chi connectivity index (χ1n) is 13.1. The van der Waals surface area contributed by atoms with E-state index in [1.54, 1.807) is 46.4 Å². The normalized spacial score (nSPS) is 19.7. The molecule has 2 aliphatic rings. The lowest BCUT2D eigenvalue weighted by molar-refractivity contribution is -0.204. The molecular formula is C28H29ClN5O7P. The highest BCUT2D eigenvalue weighted by molar-refractivity contribution is 7.46. The van der Waals surface area contributed by atoms with Gasteiger partial charge >= 0.3 is 7.82 Å². The summed E-state index contributed by atoms with van der Waals surface area (Å²) in [6.07, 6.45) is 2.58. The maximum absolute atomic E-state index is 14.1. The maximum Gasteiger partial charge on any atom is 0.524 e. The van der Waals surface area contributed by atoms with Gasteiger partial charge in [-0.15, -0.1) is 6.58 Å². The lowest BCUT2D eigenvalue weighted by atomic mass is 9.98. The molecule has 0 saturated carbocycles. The fourth-order valence-electron chi connectivity index (χ4n) is 5.57. The van der Waals surface area contributed by atoms with Gasteiger partial charge in [-0.3, -0.25) is 34.2 Å². The first-order chi connectivity index (χ1) is 20.0. The topological polar surface area (TPSA) is 144 Å². The second-order valence-corrected chi connectivity index (χ2v) is 11.6. The Morgan fingerprint density at radius 2 is 1.93 bits per heavy atom. The molecule has 2 N–H and O–H groups in total. The van der Waals surface area contributed by atoms with Crippen molar-refractivity contribution < 1.29 is 33.3 Å². The third-order valence-corrected chi connectivity index (χ3v) is 8.01. The van der Waals surface area contributed by atoms with Gasteiger partial charge in [0.25, 0.3) is 0 Å². The zero-order valence-electron chi connectivity index (χ0n) is 22.7. The van der Waals surface area contributed by atoms with E-state index in [9.17, 15) is 18.9 Å². The molecule has 5 rings (SSSR count). The predicted octanol–water partition coefficient (Wildman–Crippen LogP) is 2.73. The number of benzene rings is 2. The highest BCUT2D eigenvalue weighted by atomic mass is 35.5. The molecule has 1 aromatic heterocycles. The SMILES string of the molecule is C=CCN1CC(=O)N2[C@@H](Cc3ccc(OP(=O)(O)O)cc3)C(=O)N(Cc3ccc(Cl)c4cccnc34)C[C@@H]2N1C(C)=O. The molecule has 2 atom stereocenters. The minimum Gasteiger partial charge on any atom is -0.404 e. The predicted molar refractivity (Wildman–Crippen MR) is 154 cm³/mol. The number of hydrogen-bond acceptors (Lipinski definition) is 7. The number of halogens is 1. The van der Waals surface area contributed by atoms with Crippen LogP contribution in [0.5, 0.6) is 5.75 Å². The highest BCUT2D eigenvalue weighted by Crippen LogP contribution is 2.38. The number of amides is 3. The van der Waals surface area contributed by atoms with Crippen LogP contribution in [-0.4, -0.2) is 84.2 Å². The second kappa shape index (κ2) is 11.8. The van der Waals surface area contributed by atoms with Gasteiger partial charge in [0.2, 0.25) is 17.7 Å². The van der Waals surface area contributed by atoms with Crippen molar-refractivity contribution in [1.82, 2.24) is 24.8 Å². The van der Waals surface area contributed by atoms with Crippen molar-refractivity contribution >= 4 is 48.0 Å². The Bertz CT molecular complexity index is 1600. The van der Waals surface area contributed by atoms with Gasteiger partial charge < -0.3 is 14.3 Å². The largest absolute Gasteiger partial charge is 0.524 e. The van der Waals surface area contributed by atoms with Crippen LogP contribution in [0.25, 0.3) is 10.9 Å². The molecule has 42 heavy (non-hydrogen) atoms. The van der Waals surface area contributed by atoms with Gasteiger partial charge in [0, 0.05) is 43.0 Å². The molecule has 2 saturated heterocycles. The van der Waals surface area contributed by atoms with Gasteiger partial charge in [-0.25, -0.2) is 9.57 Å². The minimum atomic E-state index is -4.74. The summed E-state index contributed by atoms with van der Waals surface area (Å²) in [5.74, 6) is -0.947. The van der Waals surface area contributed by atoms with Crippen molar-refractivity contribution in [2.75, 3.05) is 19.6 Å². The first kappa shape index (κ1) is 29.7. The molecule has 12 nitrogen and oxygen atoms in total. The molecule has 0 aliphatic carbocycles. The minimum absolute atomic E-state index is 0.0412. The van der Waals surface area contributed by atoms with Crippen molar-refractivity contribution in [3.63, 3.8) is 0 Å². The number of aromatic nitrogens is 1. The molecule has 2 fully saturated rings. The number of piperazine rings is 1. The number of carbonyl (C=O) groups excluding carboxylic acids is 3. The Balaban J connectivity index is 1.52. The second-order valence-electron chi connectivity index (χ2n) is 10.1. The van der Waals surface area contributed by atoms with Crippen molar-refractivity contribution in [2.24, 2.45) is 0 Å². The standard InChI is InChI=1S/C28H29ClN5O7P/c1-3-13-32-17-26(36)33-24(14-19-6-9-21(10-7-19)41-42(38,39)40)28(37)31(16-25(33)34(32)18(2)35)15-20-8-11-23(29)22-5-4-12-30-27(20)22/h3-12,24-25H,1,13-17H2,2H3,(H2,38,39,40)/t24-,25-/m0/s1. The quantitative estimate of drug-likeness (QED) is 0.289. The Hall–Kier alpha value is -3.80. The summed E-state index contributed by atoms with van der Waals surface area (Å²) in [5.41, 5.74) is 2.03. The summed E-state index contributed by atoms with van der Waals surface area (Å²) in [4.78, 5) is 66.3. The lowest BCUT2D eigenvalue weighted by Gasteiger charge is -2.55. The van der Waals surface area contributed by atoms with Crippen molar-refractivity contribution in [2.45, 2.75) is 32.1 Å². The number of fused-ring (bicyclic) bond motifs is 2. The van der Waals surface area contributed by atoms with E-state index in [0.717, 1.165) is 10.9 Å². The van der Waals surface area contributed by atoms with Gasteiger partial charge in [0.05, 0.1) is 18.6 Å². The lowest BCUT2D eigenvalue weighted by Crippen LogP contribution is -2.75. The number of rotatable bonds is 8. The molecule has 2 aromatic carbocycles. The van der Waals surface area contributed by atoms with Crippen LogP contribution < -0.4 is 4.52 Å². The smallest absolute Gasteiger partial charge is 0.404 e. The molecule has 0 bridgehead atoms. The summed E-state index contributed by atoms with van der Waals surface area (Å²) in [6, 6.07) is 12.1. The Morgan fingerprint density at radius 1 is 1.19 bits per heavy atom. The number of pyridine rings is 1. The van der Waals surface area contributed by atoms with Crippen LogP contribution in [0.4, 0.5) is 0 Å². The molecular weight excluding hydrogens is 585 g/mol. The Kier molecular flexibility index (Phi) is 8.36. The molecule has 220 valence electrons. The summed E-state index contributed by atoms with van der Waals surface area (Å²) >= 11 is 6.39. The van der Waals surface area contributed by atoms with E-state index in [-0.39, 0.29) is 56.1 Å². The van der Waals surface area contributed by atoms with E-state index in [0.29, 0.717) is 16.1 Å². The van der Waals surface area contributed by atoms with Crippen molar-refractivity contribution in [3.05, 3.63) is 83.5 Å². The van der Waals surface area contributed by atoms with Crippen LogP contribution in [0.3, 0.4) is 0 Å².